The van der Waals surface area contributed by atoms with Crippen LogP contribution in [-0.4, -0.2) is 57.8 Å². The molecular formula is C32H33Cl2N7O3. The number of halogens is 2. The van der Waals surface area contributed by atoms with Crippen molar-refractivity contribution in [1.82, 2.24) is 25.0 Å². The minimum atomic E-state index is -0.689. The third-order valence-corrected chi connectivity index (χ3v) is 8.08. The second-order valence-electron chi connectivity index (χ2n) is 10.7. The highest BCUT2D eigenvalue weighted by molar-refractivity contribution is 6.39. The van der Waals surface area contributed by atoms with Crippen molar-refractivity contribution in [2.24, 2.45) is 0 Å². The minimum Gasteiger partial charge on any atom is -0.353 e. The summed E-state index contributed by atoms with van der Waals surface area (Å²) in [5.41, 5.74) is 3.89. The number of anilines is 2. The summed E-state index contributed by atoms with van der Waals surface area (Å²) in [6.07, 6.45) is 4.99. The van der Waals surface area contributed by atoms with Gasteiger partial charge in [0.2, 0.25) is 5.91 Å². The fourth-order valence-electron chi connectivity index (χ4n) is 5.07. The van der Waals surface area contributed by atoms with Crippen molar-refractivity contribution in [3.8, 4) is 22.4 Å². The number of piperidine rings is 1. The van der Waals surface area contributed by atoms with Crippen molar-refractivity contribution in [3.63, 3.8) is 0 Å². The maximum Gasteiger partial charge on any atom is 0.323 e. The highest BCUT2D eigenvalue weighted by atomic mass is 35.5. The number of aromatic nitrogens is 3. The van der Waals surface area contributed by atoms with E-state index in [1.165, 1.54) is 23.1 Å². The van der Waals surface area contributed by atoms with Crippen LogP contribution in [0.3, 0.4) is 0 Å². The van der Waals surface area contributed by atoms with E-state index in [1.54, 1.807) is 6.92 Å². The number of rotatable bonds is 8. The molecule has 0 saturated carbocycles. The number of hydrogen-bond acceptors (Lipinski definition) is 6. The molecular weight excluding hydrogens is 601 g/mol. The lowest BCUT2D eigenvalue weighted by Gasteiger charge is -2.29. The zero-order chi connectivity index (χ0) is 31.2. The summed E-state index contributed by atoms with van der Waals surface area (Å²) in [5, 5.41) is 13.2. The van der Waals surface area contributed by atoms with Crippen LogP contribution in [0.15, 0.2) is 71.8 Å². The van der Waals surface area contributed by atoms with Gasteiger partial charge in [0, 0.05) is 30.5 Å². The van der Waals surface area contributed by atoms with Crippen molar-refractivity contribution in [2.45, 2.75) is 38.8 Å². The van der Waals surface area contributed by atoms with Gasteiger partial charge in [-0.1, -0.05) is 65.7 Å². The topological polar surface area (TPSA) is 121 Å². The summed E-state index contributed by atoms with van der Waals surface area (Å²) in [6.45, 7) is 4.10. The summed E-state index contributed by atoms with van der Waals surface area (Å²) >= 11 is 12.2. The maximum absolute atomic E-state index is 13.0. The van der Waals surface area contributed by atoms with Gasteiger partial charge >= 0.3 is 6.03 Å². The lowest BCUT2D eigenvalue weighted by molar-refractivity contribution is -0.121. The molecule has 3 amide bonds. The zero-order valence-electron chi connectivity index (χ0n) is 24.4. The molecule has 4 aromatic rings. The van der Waals surface area contributed by atoms with E-state index >= 15 is 0 Å². The zero-order valence-corrected chi connectivity index (χ0v) is 26.0. The number of hydrogen-bond donors (Lipinski definition) is 3. The van der Waals surface area contributed by atoms with E-state index in [0.29, 0.717) is 18.7 Å². The van der Waals surface area contributed by atoms with Gasteiger partial charge in [-0.05, 0) is 68.7 Å². The largest absolute Gasteiger partial charge is 0.353 e. The first-order valence-electron chi connectivity index (χ1n) is 14.4. The number of nitrogens with zero attached hydrogens (tertiary/aromatic N) is 4. The molecule has 1 fully saturated rings. The van der Waals surface area contributed by atoms with Crippen LogP contribution in [0.25, 0.3) is 22.4 Å². The van der Waals surface area contributed by atoms with Gasteiger partial charge in [-0.15, -0.1) is 0 Å². The molecule has 0 unspecified atom stereocenters. The molecule has 3 heterocycles. The molecule has 1 aliphatic rings. The second kappa shape index (κ2) is 14.0. The predicted molar refractivity (Wildman–Crippen MR) is 174 cm³/mol. The predicted octanol–water partition coefficient (Wildman–Crippen LogP) is 5.70. The summed E-state index contributed by atoms with van der Waals surface area (Å²) in [6, 6.07) is 16.7. The van der Waals surface area contributed by atoms with Crippen LogP contribution < -0.4 is 21.5 Å². The number of benzene rings is 2. The van der Waals surface area contributed by atoms with Gasteiger partial charge < -0.3 is 20.9 Å². The summed E-state index contributed by atoms with van der Waals surface area (Å²) in [7, 11) is 2.10. The number of likely N-dealkylation sites (tertiary alicyclic amines) is 1. The molecule has 0 aliphatic carbocycles. The molecule has 44 heavy (non-hydrogen) atoms. The first-order valence-corrected chi connectivity index (χ1v) is 15.1. The molecule has 2 aromatic heterocycles. The van der Waals surface area contributed by atoms with Crippen LogP contribution in [0, 0.1) is 0 Å². The SMILES string of the molecule is CCn1nc(-c2cccc(-c3ccc(CC(=O)NC4CCN(C)CC4)cc3)c2)cc(NC(=O)Nc2c(Cl)cncc2Cl)c1=O. The highest BCUT2D eigenvalue weighted by Crippen LogP contribution is 2.29. The Hall–Kier alpha value is -4.25. The van der Waals surface area contributed by atoms with Gasteiger partial charge in [0.1, 0.15) is 5.69 Å². The Morgan fingerprint density at radius 3 is 2.30 bits per heavy atom. The molecule has 0 atom stereocenters. The summed E-state index contributed by atoms with van der Waals surface area (Å²) in [5.74, 6) is 0.0384. The Kier molecular flexibility index (Phi) is 9.94. The molecule has 0 bridgehead atoms. The lowest BCUT2D eigenvalue weighted by Crippen LogP contribution is -2.43. The van der Waals surface area contributed by atoms with Crippen LogP contribution in [0.2, 0.25) is 10.0 Å². The van der Waals surface area contributed by atoms with Crippen LogP contribution in [-0.2, 0) is 17.8 Å². The van der Waals surface area contributed by atoms with Gasteiger partial charge in [0.05, 0.1) is 27.8 Å². The van der Waals surface area contributed by atoms with Crippen molar-refractivity contribution >= 4 is 46.5 Å². The number of urea groups is 1. The van der Waals surface area contributed by atoms with Gasteiger partial charge in [-0.3, -0.25) is 14.6 Å². The number of aryl methyl sites for hydroxylation is 1. The van der Waals surface area contributed by atoms with Crippen LogP contribution in [0.5, 0.6) is 0 Å². The Morgan fingerprint density at radius 2 is 1.61 bits per heavy atom. The Bertz CT molecular complexity index is 1700. The van der Waals surface area contributed by atoms with Crippen molar-refractivity contribution in [1.29, 1.82) is 0 Å². The van der Waals surface area contributed by atoms with E-state index in [2.05, 4.69) is 38.0 Å². The number of amides is 3. The van der Waals surface area contributed by atoms with Gasteiger partial charge in [0.15, 0.2) is 0 Å². The molecule has 0 spiro atoms. The highest BCUT2D eigenvalue weighted by Gasteiger charge is 2.19. The normalized spacial score (nSPS) is 13.8. The maximum atomic E-state index is 13.0. The average Bonchev–Trinajstić information content (AvgIpc) is 3.01. The van der Waals surface area contributed by atoms with E-state index in [0.717, 1.165) is 48.2 Å². The van der Waals surface area contributed by atoms with E-state index in [4.69, 9.17) is 23.2 Å². The van der Waals surface area contributed by atoms with E-state index in [-0.39, 0.29) is 33.4 Å². The smallest absolute Gasteiger partial charge is 0.323 e. The number of carbonyl (C=O) groups excluding carboxylic acids is 2. The molecule has 3 N–H and O–H groups in total. The lowest BCUT2D eigenvalue weighted by atomic mass is 9.99. The van der Waals surface area contributed by atoms with Crippen LogP contribution in [0.1, 0.15) is 25.3 Å². The monoisotopic (exact) mass is 633 g/mol. The van der Waals surface area contributed by atoms with Crippen molar-refractivity contribution < 1.29 is 9.59 Å². The third kappa shape index (κ3) is 7.63. The van der Waals surface area contributed by atoms with Crippen molar-refractivity contribution in [3.05, 3.63) is 93.0 Å². The molecule has 228 valence electrons. The first kappa shape index (κ1) is 31.2. The number of pyridine rings is 1. The molecule has 2 aromatic carbocycles. The summed E-state index contributed by atoms with van der Waals surface area (Å²) < 4.78 is 1.29. The molecule has 0 radical (unpaired) electrons. The fourth-order valence-corrected chi connectivity index (χ4v) is 5.53. The van der Waals surface area contributed by atoms with Gasteiger partial charge in [-0.2, -0.15) is 5.10 Å². The quantitative estimate of drug-likeness (QED) is 0.229. The van der Waals surface area contributed by atoms with Crippen LogP contribution >= 0.6 is 23.2 Å². The molecule has 1 saturated heterocycles. The van der Waals surface area contributed by atoms with Gasteiger partial charge in [0.25, 0.3) is 5.56 Å². The third-order valence-electron chi connectivity index (χ3n) is 7.51. The van der Waals surface area contributed by atoms with E-state index in [1.807, 2.05) is 48.5 Å². The van der Waals surface area contributed by atoms with E-state index < -0.39 is 11.6 Å². The second-order valence-corrected chi connectivity index (χ2v) is 11.5. The minimum absolute atomic E-state index is 0.0384. The molecule has 1 aliphatic heterocycles. The first-order chi connectivity index (χ1) is 21.2. The Morgan fingerprint density at radius 1 is 0.932 bits per heavy atom. The molecule has 12 heteroatoms. The Balaban J connectivity index is 1.31. The van der Waals surface area contributed by atoms with Crippen LogP contribution in [0.4, 0.5) is 16.2 Å². The standard InChI is InChI=1S/C32H33Cl2N7O3/c1-3-41-31(43)28(37-32(44)38-30-25(33)18-35-19-26(30)34)17-27(39-41)23-6-4-5-22(16-23)21-9-7-20(8-10-21)15-29(42)36-24-11-13-40(2)14-12-24/h4-10,16-19,24H,3,11-15H2,1-2H3,(H,36,42)(H2,35,37,38,44). The molecule has 10 nitrogen and oxygen atoms in total. The van der Waals surface area contributed by atoms with E-state index in [9.17, 15) is 14.4 Å². The summed E-state index contributed by atoms with van der Waals surface area (Å²) in [4.78, 5) is 44.5. The Labute approximate surface area is 265 Å². The van der Waals surface area contributed by atoms with Gasteiger partial charge in [-0.25, -0.2) is 9.48 Å². The fraction of sp³-hybridized carbons (Fsp3) is 0.281. The number of nitrogens with one attached hydrogen (secondary N) is 3. The number of carbonyl (C=O) groups is 2. The van der Waals surface area contributed by atoms with Crippen molar-refractivity contribution in [2.75, 3.05) is 30.8 Å². The average molecular weight is 635 g/mol. The molecule has 5 rings (SSSR count).